The van der Waals surface area contributed by atoms with E-state index in [2.05, 4.69) is 180 Å². The van der Waals surface area contributed by atoms with Crippen molar-refractivity contribution >= 4 is 65.7 Å². The standard InChI is InChI=1S/C63H38N4O2/c1-4-16-39(17-5-1)41-30-32-43(33-31-41)62-64-61(42-20-8-3-9-21-42)65-63(66-62)51-27-15-25-49-48-24-14-26-50(58(48)69-59(49)51)54-38-45(37-53-47-23-11-13-29-57(47)68-60(53)54)67-55-28-12-10-22-46(55)52-36-44(34-35-56(52)67)40-18-6-2-7-19-40/h1-38H. The lowest BCUT2D eigenvalue weighted by atomic mass is 9.98. The Morgan fingerprint density at radius 1 is 0.275 bits per heavy atom. The summed E-state index contributed by atoms with van der Waals surface area (Å²) >= 11 is 0. The summed E-state index contributed by atoms with van der Waals surface area (Å²) in [4.78, 5) is 15.4. The maximum atomic E-state index is 7.18. The van der Waals surface area contributed by atoms with E-state index in [4.69, 9.17) is 23.8 Å². The third kappa shape index (κ3) is 6.38. The molecule has 0 amide bonds. The van der Waals surface area contributed by atoms with Crippen LogP contribution in [0.25, 0.3) is 139 Å². The van der Waals surface area contributed by atoms with Crippen LogP contribution in [-0.2, 0) is 0 Å². The molecule has 0 aliphatic heterocycles. The van der Waals surface area contributed by atoms with Gasteiger partial charge in [0.15, 0.2) is 17.5 Å². The van der Waals surface area contributed by atoms with Gasteiger partial charge in [-0.15, -0.1) is 0 Å². The van der Waals surface area contributed by atoms with Crippen molar-refractivity contribution in [3.8, 4) is 73.2 Å². The van der Waals surface area contributed by atoms with E-state index >= 15 is 0 Å². The first-order valence-corrected chi connectivity index (χ1v) is 23.2. The number of aromatic nitrogens is 4. The van der Waals surface area contributed by atoms with Crippen LogP contribution in [0.3, 0.4) is 0 Å². The lowest BCUT2D eigenvalue weighted by Crippen LogP contribution is -2.00. The van der Waals surface area contributed by atoms with Gasteiger partial charge in [0.25, 0.3) is 0 Å². The van der Waals surface area contributed by atoms with Gasteiger partial charge in [-0.05, 0) is 64.7 Å². The van der Waals surface area contributed by atoms with Crippen molar-refractivity contribution in [2.24, 2.45) is 0 Å². The third-order valence-electron chi connectivity index (χ3n) is 13.5. The zero-order chi connectivity index (χ0) is 45.4. The van der Waals surface area contributed by atoms with E-state index in [0.29, 0.717) is 23.1 Å². The first-order chi connectivity index (χ1) is 34.2. The van der Waals surface area contributed by atoms with Crippen LogP contribution in [0, 0.1) is 0 Å². The average Bonchev–Trinajstić information content (AvgIpc) is 4.11. The first kappa shape index (κ1) is 38.8. The van der Waals surface area contributed by atoms with E-state index in [-0.39, 0.29) is 0 Å². The topological polar surface area (TPSA) is 69.9 Å². The minimum absolute atomic E-state index is 0.528. The van der Waals surface area contributed by atoms with Crippen LogP contribution in [0.15, 0.2) is 239 Å². The summed E-state index contributed by atoms with van der Waals surface area (Å²) in [5.74, 6) is 1.69. The molecular weight excluding hydrogens is 845 g/mol. The fourth-order valence-corrected chi connectivity index (χ4v) is 10.2. The summed E-state index contributed by atoms with van der Waals surface area (Å²) in [5.41, 5.74) is 15.4. The fraction of sp³-hybridized carbons (Fsp3) is 0. The smallest absolute Gasteiger partial charge is 0.167 e. The second-order valence-electron chi connectivity index (χ2n) is 17.5. The molecule has 0 spiro atoms. The molecular formula is C63H38N4O2. The monoisotopic (exact) mass is 882 g/mol. The molecule has 6 nitrogen and oxygen atoms in total. The minimum atomic E-state index is 0.528. The quantitative estimate of drug-likeness (QED) is 0.159. The van der Waals surface area contributed by atoms with Gasteiger partial charge in [0, 0.05) is 60.3 Å². The van der Waals surface area contributed by atoms with Crippen molar-refractivity contribution in [2.45, 2.75) is 0 Å². The Balaban J connectivity index is 0.972. The summed E-state index contributed by atoms with van der Waals surface area (Å²) in [7, 11) is 0. The molecule has 0 saturated heterocycles. The largest absolute Gasteiger partial charge is 0.455 e. The number of furan rings is 2. The van der Waals surface area contributed by atoms with Gasteiger partial charge in [0.05, 0.1) is 16.6 Å². The number of nitrogens with zero attached hydrogens (tertiary/aromatic N) is 4. The van der Waals surface area contributed by atoms with E-state index in [1.807, 2.05) is 54.6 Å². The van der Waals surface area contributed by atoms with Crippen molar-refractivity contribution in [3.63, 3.8) is 0 Å². The summed E-state index contributed by atoms with van der Waals surface area (Å²) in [6, 6.07) is 80.4. The van der Waals surface area contributed by atoms with Crippen molar-refractivity contribution in [3.05, 3.63) is 231 Å². The molecule has 10 aromatic carbocycles. The zero-order valence-corrected chi connectivity index (χ0v) is 37.0. The van der Waals surface area contributed by atoms with Crippen LogP contribution in [0.4, 0.5) is 0 Å². The summed E-state index contributed by atoms with van der Waals surface area (Å²) < 4.78 is 16.4. The number of fused-ring (bicyclic) bond motifs is 9. The molecule has 0 unspecified atom stereocenters. The van der Waals surface area contributed by atoms with E-state index in [1.165, 1.54) is 21.9 Å². The maximum Gasteiger partial charge on any atom is 0.167 e. The predicted molar refractivity (Wildman–Crippen MR) is 281 cm³/mol. The normalized spacial score (nSPS) is 11.8. The van der Waals surface area contributed by atoms with Gasteiger partial charge in [-0.1, -0.05) is 188 Å². The van der Waals surface area contributed by atoms with E-state index in [9.17, 15) is 0 Å². The highest BCUT2D eigenvalue weighted by Crippen LogP contribution is 2.45. The molecule has 0 atom stereocenters. The number of benzene rings is 10. The molecule has 0 aliphatic carbocycles. The Bertz CT molecular complexity index is 4290. The first-order valence-electron chi connectivity index (χ1n) is 23.2. The number of hydrogen-bond donors (Lipinski definition) is 0. The number of para-hydroxylation sites is 4. The molecule has 322 valence electrons. The molecule has 0 radical (unpaired) electrons. The molecule has 6 heteroatoms. The highest BCUT2D eigenvalue weighted by atomic mass is 16.3. The maximum absolute atomic E-state index is 7.18. The Kier molecular flexibility index (Phi) is 8.79. The fourth-order valence-electron chi connectivity index (χ4n) is 10.2. The Hall–Kier alpha value is -9.39. The van der Waals surface area contributed by atoms with Crippen molar-refractivity contribution in [1.29, 1.82) is 0 Å². The molecule has 0 bridgehead atoms. The van der Waals surface area contributed by atoms with E-state index < -0.39 is 0 Å². The van der Waals surface area contributed by atoms with Gasteiger partial charge >= 0.3 is 0 Å². The van der Waals surface area contributed by atoms with Gasteiger partial charge in [0.2, 0.25) is 0 Å². The van der Waals surface area contributed by atoms with Crippen LogP contribution in [0.5, 0.6) is 0 Å². The lowest BCUT2D eigenvalue weighted by molar-refractivity contribution is 0.665. The van der Waals surface area contributed by atoms with Gasteiger partial charge in [-0.3, -0.25) is 0 Å². The van der Waals surface area contributed by atoms with Gasteiger partial charge in [0.1, 0.15) is 22.3 Å². The SMILES string of the molecule is c1ccc(-c2ccc(-c3nc(-c4ccccc4)nc(-c4cccc5c4oc4c(-c6cc(-n7c8ccccc8c8cc(-c9ccccc9)ccc87)cc7c6oc6ccccc67)cccc45)n3)cc2)cc1. The molecule has 69 heavy (non-hydrogen) atoms. The Morgan fingerprint density at radius 3 is 1.49 bits per heavy atom. The highest BCUT2D eigenvalue weighted by molar-refractivity contribution is 6.17. The average molecular weight is 883 g/mol. The van der Waals surface area contributed by atoms with Crippen molar-refractivity contribution in [1.82, 2.24) is 19.5 Å². The van der Waals surface area contributed by atoms with Crippen molar-refractivity contribution < 1.29 is 8.83 Å². The molecule has 0 aliphatic rings. The Labute approximate surface area is 396 Å². The second-order valence-corrected chi connectivity index (χ2v) is 17.5. The van der Waals surface area contributed by atoms with Gasteiger partial charge in [-0.2, -0.15) is 0 Å². The number of rotatable bonds is 7. The third-order valence-corrected chi connectivity index (χ3v) is 13.5. The van der Waals surface area contributed by atoms with Gasteiger partial charge in [-0.25, -0.2) is 15.0 Å². The second kappa shape index (κ2) is 15.6. The number of hydrogen-bond acceptors (Lipinski definition) is 5. The van der Waals surface area contributed by atoms with Crippen LogP contribution < -0.4 is 0 Å². The van der Waals surface area contributed by atoms with Crippen LogP contribution in [0.1, 0.15) is 0 Å². The highest BCUT2D eigenvalue weighted by Gasteiger charge is 2.23. The Morgan fingerprint density at radius 2 is 0.768 bits per heavy atom. The summed E-state index contributed by atoms with van der Waals surface area (Å²) in [5, 5.41) is 6.42. The van der Waals surface area contributed by atoms with Crippen molar-refractivity contribution in [2.75, 3.05) is 0 Å². The molecule has 14 rings (SSSR count). The lowest BCUT2D eigenvalue weighted by Gasteiger charge is -2.12. The molecule has 0 saturated carbocycles. The molecule has 14 aromatic rings. The van der Waals surface area contributed by atoms with E-state index in [1.54, 1.807) is 0 Å². The van der Waals surface area contributed by atoms with E-state index in [0.717, 1.165) is 94.0 Å². The predicted octanol–water partition coefficient (Wildman–Crippen LogP) is 16.8. The summed E-state index contributed by atoms with van der Waals surface area (Å²) in [6.07, 6.45) is 0. The summed E-state index contributed by atoms with van der Waals surface area (Å²) in [6.45, 7) is 0. The molecule has 4 aromatic heterocycles. The zero-order valence-electron chi connectivity index (χ0n) is 37.0. The van der Waals surface area contributed by atoms with Crippen LogP contribution in [-0.4, -0.2) is 19.5 Å². The molecule has 0 N–H and O–H groups in total. The van der Waals surface area contributed by atoms with Crippen LogP contribution >= 0.6 is 0 Å². The molecule has 4 heterocycles. The van der Waals surface area contributed by atoms with Crippen LogP contribution in [0.2, 0.25) is 0 Å². The van der Waals surface area contributed by atoms with Gasteiger partial charge < -0.3 is 13.4 Å². The molecule has 0 fully saturated rings. The minimum Gasteiger partial charge on any atom is -0.455 e.